The first-order chi connectivity index (χ1) is 18.4. The molecule has 3 N–H and O–H groups in total. The second kappa shape index (κ2) is 11.1. The van der Waals surface area contributed by atoms with Crippen molar-refractivity contribution < 1.29 is 37.8 Å². The first-order valence-electron chi connectivity index (χ1n) is 12.1. The molecule has 14 heteroatoms. The van der Waals surface area contributed by atoms with Crippen molar-refractivity contribution in [3.8, 4) is 11.6 Å². The molecule has 3 aliphatic rings. The molecule has 3 amide bonds. The van der Waals surface area contributed by atoms with Gasteiger partial charge in [0.2, 0.25) is 0 Å². The van der Waals surface area contributed by atoms with E-state index in [9.17, 15) is 18.8 Å². The van der Waals surface area contributed by atoms with E-state index in [1.807, 2.05) is 0 Å². The molecule has 1 aliphatic carbocycles. The van der Waals surface area contributed by atoms with Gasteiger partial charge in [0.1, 0.15) is 17.7 Å². The van der Waals surface area contributed by atoms with Gasteiger partial charge in [-0.2, -0.15) is 0 Å². The van der Waals surface area contributed by atoms with E-state index in [1.54, 1.807) is 6.07 Å². The number of carbonyl (C=O) groups is 3. The third-order valence-corrected chi connectivity index (χ3v) is 6.40. The monoisotopic (exact) mass is 530 g/mol. The number of aromatic nitrogens is 2. The molecule has 0 radical (unpaired) electrons. The van der Waals surface area contributed by atoms with Gasteiger partial charge in [-0.15, -0.1) is 0 Å². The van der Waals surface area contributed by atoms with E-state index in [1.165, 1.54) is 24.3 Å². The minimum atomic E-state index is -0.535. The van der Waals surface area contributed by atoms with Crippen molar-refractivity contribution in [1.82, 2.24) is 20.8 Å². The minimum absolute atomic E-state index is 0.130. The van der Waals surface area contributed by atoms with Crippen LogP contribution in [0.1, 0.15) is 17.5 Å². The third kappa shape index (κ3) is 5.75. The summed E-state index contributed by atoms with van der Waals surface area (Å²) in [5, 5.41) is 5.94. The minimum Gasteiger partial charge on any atom is -0.484 e. The van der Waals surface area contributed by atoms with Gasteiger partial charge in [-0.3, -0.25) is 19.3 Å². The van der Waals surface area contributed by atoms with Crippen molar-refractivity contribution in [3.05, 3.63) is 35.3 Å². The Kier molecular flexibility index (Phi) is 7.51. The van der Waals surface area contributed by atoms with Gasteiger partial charge in [0, 0.05) is 6.07 Å². The van der Waals surface area contributed by atoms with Gasteiger partial charge < -0.3 is 24.8 Å². The van der Waals surface area contributed by atoms with Gasteiger partial charge in [0.05, 0.1) is 19.9 Å². The van der Waals surface area contributed by atoms with Crippen LogP contribution in [0.5, 0.6) is 11.6 Å². The van der Waals surface area contributed by atoms with Gasteiger partial charge in [-0.05, 0) is 55.5 Å². The third-order valence-electron chi connectivity index (χ3n) is 6.40. The van der Waals surface area contributed by atoms with Crippen LogP contribution in [0.4, 0.5) is 20.8 Å². The molecule has 0 bridgehead atoms. The molecule has 1 saturated heterocycles. The quantitative estimate of drug-likeness (QED) is 0.296. The molecule has 202 valence electrons. The normalized spacial score (nSPS) is 19.8. The highest BCUT2D eigenvalue weighted by atomic mass is 19.1. The van der Waals surface area contributed by atoms with Crippen LogP contribution in [-0.2, 0) is 32.0 Å². The zero-order chi connectivity index (χ0) is 26.6. The zero-order valence-electron chi connectivity index (χ0n) is 20.6. The number of nitrogens with one attached hydrogen (secondary N) is 3. The van der Waals surface area contributed by atoms with E-state index in [4.69, 9.17) is 14.2 Å². The highest BCUT2D eigenvalue weighted by molar-refractivity contribution is 5.94. The van der Waals surface area contributed by atoms with Crippen LogP contribution in [0.15, 0.2) is 18.3 Å². The molecule has 0 spiro atoms. The summed E-state index contributed by atoms with van der Waals surface area (Å²) in [5.74, 6) is -0.0136. The first kappa shape index (κ1) is 25.6. The Morgan fingerprint density at radius 1 is 1.32 bits per heavy atom. The van der Waals surface area contributed by atoms with E-state index in [0.29, 0.717) is 50.2 Å². The van der Waals surface area contributed by atoms with Crippen LogP contribution in [0, 0.1) is 11.7 Å². The maximum absolute atomic E-state index is 14.6. The highest BCUT2D eigenvalue weighted by Gasteiger charge is 2.34. The van der Waals surface area contributed by atoms with Gasteiger partial charge >= 0.3 is 6.09 Å². The average Bonchev–Trinajstić information content (AvgIpc) is 3.48. The predicted molar refractivity (Wildman–Crippen MR) is 129 cm³/mol. The van der Waals surface area contributed by atoms with E-state index < -0.39 is 12.0 Å². The average molecular weight is 531 g/mol. The number of hydroxylamine groups is 1. The fourth-order valence-electron chi connectivity index (χ4n) is 4.68. The van der Waals surface area contributed by atoms with Crippen molar-refractivity contribution in [3.63, 3.8) is 0 Å². The lowest BCUT2D eigenvalue weighted by Crippen LogP contribution is -2.30. The van der Waals surface area contributed by atoms with Gasteiger partial charge in [0.15, 0.2) is 24.8 Å². The summed E-state index contributed by atoms with van der Waals surface area (Å²) < 4.78 is 30.6. The number of benzene rings is 1. The Bertz CT molecular complexity index is 1240. The molecule has 1 fully saturated rings. The first-order valence-corrected chi connectivity index (χ1v) is 12.1. The van der Waals surface area contributed by atoms with E-state index >= 15 is 0 Å². The Hall–Kier alpha value is -4.04. The summed E-state index contributed by atoms with van der Waals surface area (Å²) in [6, 6.07) is 3.06. The molecular formula is C24H27FN6O7. The zero-order valence-corrected chi connectivity index (χ0v) is 20.6. The number of fused-ring (bicyclic) bond motifs is 2. The van der Waals surface area contributed by atoms with Crippen molar-refractivity contribution in [2.45, 2.75) is 25.4 Å². The molecule has 2 atom stereocenters. The standard InChI is InChI=1S/C24H27FN6O7/c1-35-30-21(33)12-36-16-6-14-4-13(5-17(14)18(25)7-16)8-26-3-2-15-10-31(24(34)38-15)19-9-27-23-22(28-19)29-20(32)11-37-23/h6-7,9,13,15,26H,2-5,8,10-12H2,1H3,(H,30,33)(H,28,29,32). The van der Waals surface area contributed by atoms with Crippen LogP contribution in [0.2, 0.25) is 0 Å². The largest absolute Gasteiger partial charge is 0.484 e. The molecule has 0 saturated carbocycles. The smallest absolute Gasteiger partial charge is 0.415 e. The fraction of sp³-hybridized carbons (Fsp3) is 0.458. The molecule has 38 heavy (non-hydrogen) atoms. The van der Waals surface area contributed by atoms with Crippen molar-refractivity contribution in [2.75, 3.05) is 50.2 Å². The molecule has 1 aromatic carbocycles. The van der Waals surface area contributed by atoms with E-state index in [0.717, 1.165) is 5.56 Å². The number of cyclic esters (lactones) is 1. The number of anilines is 2. The molecule has 13 nitrogen and oxygen atoms in total. The number of nitrogens with zero attached hydrogens (tertiary/aromatic N) is 3. The number of carbonyl (C=O) groups excluding carboxylic acids is 3. The van der Waals surface area contributed by atoms with E-state index in [-0.39, 0.29) is 54.5 Å². The highest BCUT2D eigenvalue weighted by Crippen LogP contribution is 2.32. The predicted octanol–water partition coefficient (Wildman–Crippen LogP) is 0.723. The Morgan fingerprint density at radius 2 is 2.18 bits per heavy atom. The number of hydrogen-bond acceptors (Lipinski definition) is 10. The van der Waals surface area contributed by atoms with Crippen LogP contribution in [0.3, 0.4) is 0 Å². The number of halogens is 1. The molecule has 2 aromatic rings. The topological polar surface area (TPSA) is 153 Å². The summed E-state index contributed by atoms with van der Waals surface area (Å²) in [6.45, 7) is 1.16. The maximum Gasteiger partial charge on any atom is 0.415 e. The maximum atomic E-state index is 14.6. The molecule has 2 aliphatic heterocycles. The summed E-state index contributed by atoms with van der Waals surface area (Å²) in [5.41, 5.74) is 3.68. The lowest BCUT2D eigenvalue weighted by Gasteiger charge is -2.18. The number of amides is 3. The number of hydrogen-bond donors (Lipinski definition) is 3. The van der Waals surface area contributed by atoms with Crippen LogP contribution in [0.25, 0.3) is 0 Å². The van der Waals surface area contributed by atoms with Crippen molar-refractivity contribution >= 4 is 29.5 Å². The lowest BCUT2D eigenvalue weighted by molar-refractivity contribution is -0.133. The summed E-state index contributed by atoms with van der Waals surface area (Å²) in [6.07, 6.45) is 2.39. The molecule has 1 aromatic heterocycles. The Morgan fingerprint density at radius 3 is 3.03 bits per heavy atom. The van der Waals surface area contributed by atoms with Gasteiger partial charge in [-0.25, -0.2) is 24.6 Å². The Balaban J connectivity index is 1.07. The van der Waals surface area contributed by atoms with E-state index in [2.05, 4.69) is 30.9 Å². The number of ether oxygens (including phenoxy) is 3. The molecule has 2 unspecified atom stereocenters. The second-order valence-corrected chi connectivity index (χ2v) is 9.16. The summed E-state index contributed by atoms with van der Waals surface area (Å²) in [4.78, 5) is 49.7. The van der Waals surface area contributed by atoms with Gasteiger partial charge in [-0.1, -0.05) is 0 Å². The van der Waals surface area contributed by atoms with Crippen LogP contribution in [-0.4, -0.2) is 73.9 Å². The lowest BCUT2D eigenvalue weighted by atomic mass is 10.1. The molecular weight excluding hydrogens is 503 g/mol. The van der Waals surface area contributed by atoms with Crippen molar-refractivity contribution in [1.29, 1.82) is 0 Å². The summed E-state index contributed by atoms with van der Waals surface area (Å²) in [7, 11) is 1.32. The van der Waals surface area contributed by atoms with Crippen LogP contribution < -0.4 is 30.5 Å². The van der Waals surface area contributed by atoms with Crippen LogP contribution >= 0.6 is 0 Å². The second-order valence-electron chi connectivity index (χ2n) is 9.16. The van der Waals surface area contributed by atoms with Crippen molar-refractivity contribution in [2.24, 2.45) is 5.92 Å². The van der Waals surface area contributed by atoms with Gasteiger partial charge in [0.25, 0.3) is 17.7 Å². The number of rotatable bonds is 10. The molecule has 5 rings (SSSR count). The summed E-state index contributed by atoms with van der Waals surface area (Å²) >= 11 is 0. The Labute approximate surface area is 216 Å². The SMILES string of the molecule is CONC(=O)COc1cc(F)c2c(c1)CC(CNCCC1CN(c3cnc4c(n3)NC(=O)CO4)C(=O)O1)C2. The molecule has 3 heterocycles. The fourth-order valence-corrected chi connectivity index (χ4v) is 4.68.